The number of carbonyl (C=O) groups is 2. The fourth-order valence-corrected chi connectivity index (χ4v) is 5.00. The van der Waals surface area contributed by atoms with E-state index in [0.29, 0.717) is 13.1 Å². The summed E-state index contributed by atoms with van der Waals surface area (Å²) in [5.74, 6) is -0.00117. The van der Waals surface area contributed by atoms with Crippen molar-refractivity contribution in [1.29, 1.82) is 0 Å². The summed E-state index contributed by atoms with van der Waals surface area (Å²) in [6.45, 7) is 5.85. The SMILES string of the molecule is CCCN1C(=O)N(Cc2ccccc2)C(=O)C12CCN(CCCc1ccccc1)CC2. The maximum absolute atomic E-state index is 13.5. The molecular formula is C26H33N3O2. The molecule has 0 unspecified atom stereocenters. The van der Waals surface area contributed by atoms with Crippen LogP contribution in [0.1, 0.15) is 43.7 Å². The number of carbonyl (C=O) groups excluding carboxylic acids is 2. The van der Waals surface area contributed by atoms with Gasteiger partial charge in [-0.15, -0.1) is 0 Å². The minimum absolute atomic E-state index is 0.00117. The monoisotopic (exact) mass is 419 g/mol. The van der Waals surface area contributed by atoms with Gasteiger partial charge in [0.25, 0.3) is 5.91 Å². The van der Waals surface area contributed by atoms with Crippen molar-refractivity contribution in [2.45, 2.75) is 51.1 Å². The number of nitrogens with zero attached hydrogens (tertiary/aromatic N) is 3. The van der Waals surface area contributed by atoms with Crippen LogP contribution in [0, 0.1) is 0 Å². The number of hydrogen-bond donors (Lipinski definition) is 0. The van der Waals surface area contributed by atoms with Crippen LogP contribution in [0.2, 0.25) is 0 Å². The fourth-order valence-electron chi connectivity index (χ4n) is 5.00. The third kappa shape index (κ3) is 4.52. The van der Waals surface area contributed by atoms with Gasteiger partial charge in [-0.2, -0.15) is 0 Å². The van der Waals surface area contributed by atoms with E-state index in [1.54, 1.807) is 0 Å². The van der Waals surface area contributed by atoms with Gasteiger partial charge in [-0.3, -0.25) is 9.69 Å². The molecule has 4 rings (SSSR count). The zero-order valence-corrected chi connectivity index (χ0v) is 18.5. The van der Waals surface area contributed by atoms with Crippen molar-refractivity contribution in [1.82, 2.24) is 14.7 Å². The standard InChI is InChI=1S/C26H33N3O2/c1-2-17-29-25(31)28(21-23-12-7-4-8-13-23)24(30)26(29)15-19-27(20-16-26)18-9-14-22-10-5-3-6-11-22/h3-8,10-13H,2,9,14-21H2,1H3. The Balaban J connectivity index is 1.39. The molecule has 0 atom stereocenters. The average Bonchev–Trinajstić information content (AvgIpc) is 2.99. The van der Waals surface area contributed by atoms with Crippen molar-refractivity contribution in [2.24, 2.45) is 0 Å². The van der Waals surface area contributed by atoms with E-state index >= 15 is 0 Å². The molecule has 0 radical (unpaired) electrons. The molecule has 5 nitrogen and oxygen atoms in total. The Labute approximate surface area is 185 Å². The van der Waals surface area contributed by atoms with Crippen LogP contribution in [0.15, 0.2) is 60.7 Å². The highest BCUT2D eigenvalue weighted by Gasteiger charge is 2.57. The van der Waals surface area contributed by atoms with Crippen molar-refractivity contribution in [3.05, 3.63) is 71.8 Å². The average molecular weight is 420 g/mol. The van der Waals surface area contributed by atoms with Crippen molar-refractivity contribution in [3.63, 3.8) is 0 Å². The van der Waals surface area contributed by atoms with Crippen LogP contribution in [0.3, 0.4) is 0 Å². The van der Waals surface area contributed by atoms with Crippen LogP contribution >= 0.6 is 0 Å². The quantitative estimate of drug-likeness (QED) is 0.598. The first kappa shape index (κ1) is 21.6. The molecule has 5 heteroatoms. The Morgan fingerprint density at radius 3 is 2.06 bits per heavy atom. The lowest BCUT2D eigenvalue weighted by Gasteiger charge is -2.42. The number of urea groups is 1. The molecule has 2 aliphatic rings. The smallest absolute Gasteiger partial charge is 0.309 e. The summed E-state index contributed by atoms with van der Waals surface area (Å²) in [5, 5.41) is 0. The molecule has 3 amide bonds. The number of rotatable bonds is 8. The predicted molar refractivity (Wildman–Crippen MR) is 123 cm³/mol. The van der Waals surface area contributed by atoms with Gasteiger partial charge in [0.05, 0.1) is 6.54 Å². The normalized spacial score (nSPS) is 18.9. The molecule has 2 aliphatic heterocycles. The third-order valence-electron chi connectivity index (χ3n) is 6.72. The van der Waals surface area contributed by atoms with Crippen LogP contribution in [-0.2, 0) is 17.8 Å². The zero-order chi connectivity index (χ0) is 21.7. The van der Waals surface area contributed by atoms with Crippen molar-refractivity contribution >= 4 is 11.9 Å². The largest absolute Gasteiger partial charge is 0.327 e. The van der Waals surface area contributed by atoms with E-state index in [1.807, 2.05) is 35.2 Å². The highest BCUT2D eigenvalue weighted by atomic mass is 16.2. The predicted octanol–water partition coefficient (Wildman–Crippen LogP) is 4.33. The van der Waals surface area contributed by atoms with Gasteiger partial charge in [-0.1, -0.05) is 67.6 Å². The third-order valence-corrected chi connectivity index (χ3v) is 6.72. The topological polar surface area (TPSA) is 43.9 Å². The molecule has 0 aliphatic carbocycles. The summed E-state index contributed by atoms with van der Waals surface area (Å²) in [4.78, 5) is 32.6. The van der Waals surface area contributed by atoms with E-state index in [2.05, 4.69) is 42.2 Å². The lowest BCUT2D eigenvalue weighted by Crippen LogP contribution is -2.56. The number of amides is 3. The van der Waals surface area contributed by atoms with Gasteiger partial charge in [0.15, 0.2) is 0 Å². The molecule has 0 aromatic heterocycles. The van der Waals surface area contributed by atoms with Crippen LogP contribution in [0.4, 0.5) is 4.79 Å². The van der Waals surface area contributed by atoms with Crippen molar-refractivity contribution in [3.8, 4) is 0 Å². The molecule has 31 heavy (non-hydrogen) atoms. The minimum atomic E-state index is -0.655. The maximum atomic E-state index is 13.5. The first-order valence-electron chi connectivity index (χ1n) is 11.6. The lowest BCUT2D eigenvalue weighted by molar-refractivity contribution is -0.136. The van der Waals surface area contributed by atoms with E-state index in [4.69, 9.17) is 0 Å². The summed E-state index contributed by atoms with van der Waals surface area (Å²) in [6, 6.07) is 20.3. The van der Waals surface area contributed by atoms with E-state index < -0.39 is 5.54 Å². The maximum Gasteiger partial charge on any atom is 0.327 e. The molecule has 2 heterocycles. The summed E-state index contributed by atoms with van der Waals surface area (Å²) < 4.78 is 0. The van der Waals surface area contributed by atoms with Gasteiger partial charge in [0, 0.05) is 19.6 Å². The van der Waals surface area contributed by atoms with Crippen molar-refractivity contribution < 1.29 is 9.59 Å². The summed E-state index contributed by atoms with van der Waals surface area (Å²) in [5.41, 5.74) is 1.71. The molecule has 2 aromatic carbocycles. The van der Waals surface area contributed by atoms with E-state index in [1.165, 1.54) is 10.5 Å². The number of benzene rings is 2. The molecule has 164 valence electrons. The lowest BCUT2D eigenvalue weighted by atomic mass is 9.85. The first-order chi connectivity index (χ1) is 15.1. The Morgan fingerprint density at radius 2 is 1.45 bits per heavy atom. The second-order valence-electron chi connectivity index (χ2n) is 8.77. The summed E-state index contributed by atoms with van der Waals surface area (Å²) in [7, 11) is 0. The number of hydrogen-bond acceptors (Lipinski definition) is 3. The molecule has 0 N–H and O–H groups in total. The molecular weight excluding hydrogens is 386 g/mol. The number of piperidine rings is 1. The van der Waals surface area contributed by atoms with Gasteiger partial charge in [-0.25, -0.2) is 4.79 Å². The van der Waals surface area contributed by atoms with Gasteiger partial charge >= 0.3 is 6.03 Å². The van der Waals surface area contributed by atoms with E-state index in [0.717, 1.165) is 57.3 Å². The number of imide groups is 1. The summed E-state index contributed by atoms with van der Waals surface area (Å²) in [6.07, 6.45) is 4.51. The molecule has 0 saturated carbocycles. The van der Waals surface area contributed by atoms with Gasteiger partial charge in [0.1, 0.15) is 5.54 Å². The fraction of sp³-hybridized carbons (Fsp3) is 0.462. The molecule has 1 spiro atoms. The first-order valence-corrected chi connectivity index (χ1v) is 11.6. The van der Waals surface area contributed by atoms with Crippen molar-refractivity contribution in [2.75, 3.05) is 26.2 Å². The molecule has 2 aromatic rings. The summed E-state index contributed by atoms with van der Waals surface area (Å²) >= 11 is 0. The number of aryl methyl sites for hydroxylation is 1. The van der Waals surface area contributed by atoms with Crippen LogP contribution in [0.25, 0.3) is 0 Å². The zero-order valence-electron chi connectivity index (χ0n) is 18.5. The Morgan fingerprint density at radius 1 is 0.839 bits per heavy atom. The van der Waals surface area contributed by atoms with E-state index in [-0.39, 0.29) is 11.9 Å². The van der Waals surface area contributed by atoms with Gasteiger partial charge < -0.3 is 9.80 Å². The van der Waals surface area contributed by atoms with Crippen LogP contribution in [0.5, 0.6) is 0 Å². The van der Waals surface area contributed by atoms with Gasteiger partial charge in [0.2, 0.25) is 0 Å². The second-order valence-corrected chi connectivity index (χ2v) is 8.77. The molecule has 2 saturated heterocycles. The highest BCUT2D eigenvalue weighted by molar-refractivity contribution is 6.07. The van der Waals surface area contributed by atoms with Crippen LogP contribution in [-0.4, -0.2) is 58.4 Å². The minimum Gasteiger partial charge on any atom is -0.309 e. The second kappa shape index (κ2) is 9.65. The number of likely N-dealkylation sites (tertiary alicyclic amines) is 1. The molecule has 0 bridgehead atoms. The van der Waals surface area contributed by atoms with E-state index in [9.17, 15) is 9.59 Å². The Kier molecular flexibility index (Phi) is 6.71. The van der Waals surface area contributed by atoms with Crippen LogP contribution < -0.4 is 0 Å². The van der Waals surface area contributed by atoms with Gasteiger partial charge in [-0.05, 0) is 49.8 Å². The molecule has 2 fully saturated rings. The Hall–Kier alpha value is -2.66. The Bertz CT molecular complexity index is 876. The highest BCUT2D eigenvalue weighted by Crippen LogP contribution is 2.38.